The zero-order chi connectivity index (χ0) is 15.8. The van der Waals surface area contributed by atoms with E-state index in [0.717, 1.165) is 11.5 Å². The van der Waals surface area contributed by atoms with Gasteiger partial charge in [0.2, 0.25) is 0 Å². The molecule has 116 valence electrons. The van der Waals surface area contributed by atoms with Gasteiger partial charge in [-0.3, -0.25) is 4.79 Å². The maximum Gasteiger partial charge on any atom is 0.338 e. The van der Waals surface area contributed by atoms with Gasteiger partial charge in [-0.05, 0) is 17.7 Å². The van der Waals surface area contributed by atoms with Crippen molar-refractivity contribution < 1.29 is 14.3 Å². The number of esters is 1. The highest BCUT2D eigenvalue weighted by Crippen LogP contribution is 2.45. The van der Waals surface area contributed by atoms with Crippen LogP contribution in [0, 0.1) is 11.3 Å². The average Bonchev–Trinajstić information content (AvgIpc) is 3.07. The average molecular weight is 336 g/mol. The maximum absolute atomic E-state index is 11.8. The zero-order valence-corrected chi connectivity index (χ0v) is 13.5. The van der Waals surface area contributed by atoms with Crippen LogP contribution >= 0.6 is 23.5 Å². The second-order valence-corrected chi connectivity index (χ2v) is 7.25. The molecule has 1 saturated heterocycles. The molecule has 1 aliphatic rings. The minimum absolute atomic E-state index is 0.234. The number of nitrogens with zero attached hydrogens (tertiary/aromatic N) is 1. The summed E-state index contributed by atoms with van der Waals surface area (Å²) >= 11 is 3.81. The largest absolute Gasteiger partial charge is 0.452 e. The number of nitriles is 1. The van der Waals surface area contributed by atoms with Gasteiger partial charge in [0, 0.05) is 18.1 Å². The summed E-state index contributed by atoms with van der Waals surface area (Å²) in [5, 5.41) is 10.8. The number of thioether (sulfide) groups is 2. The minimum atomic E-state index is -0.520. The van der Waals surface area contributed by atoms with E-state index in [1.54, 1.807) is 12.1 Å². The van der Waals surface area contributed by atoms with E-state index in [9.17, 15) is 9.59 Å². The molecule has 0 unspecified atom stereocenters. The molecule has 1 aliphatic heterocycles. The molecule has 7 heteroatoms. The Morgan fingerprint density at radius 1 is 1.27 bits per heavy atom. The number of carbonyl (C=O) groups excluding carboxylic acids is 2. The van der Waals surface area contributed by atoms with Gasteiger partial charge < -0.3 is 10.1 Å². The lowest BCUT2D eigenvalue weighted by Crippen LogP contribution is -2.29. The number of hydrogen-bond acceptors (Lipinski definition) is 6. The molecule has 1 N–H and O–H groups in total. The van der Waals surface area contributed by atoms with Crippen LogP contribution in [-0.2, 0) is 9.53 Å². The lowest BCUT2D eigenvalue weighted by atomic mass is 10.1. The molecule has 1 amide bonds. The van der Waals surface area contributed by atoms with Gasteiger partial charge in [-0.15, -0.1) is 23.5 Å². The Morgan fingerprint density at radius 2 is 1.95 bits per heavy atom. The van der Waals surface area contributed by atoms with Crippen LogP contribution in [0.4, 0.5) is 0 Å². The topological polar surface area (TPSA) is 79.2 Å². The van der Waals surface area contributed by atoms with E-state index in [0.29, 0.717) is 10.1 Å². The molecule has 0 radical (unpaired) electrons. The second kappa shape index (κ2) is 8.71. The maximum atomic E-state index is 11.8. The molecule has 1 heterocycles. The Bertz CT molecular complexity index is 563. The molecule has 1 fully saturated rings. The number of amides is 1. The first-order valence-corrected chi connectivity index (χ1v) is 8.94. The fourth-order valence-electron chi connectivity index (χ4n) is 1.85. The van der Waals surface area contributed by atoms with E-state index >= 15 is 0 Å². The van der Waals surface area contributed by atoms with Crippen LogP contribution < -0.4 is 5.32 Å². The molecule has 0 saturated carbocycles. The van der Waals surface area contributed by atoms with Gasteiger partial charge in [0.05, 0.1) is 22.6 Å². The summed E-state index contributed by atoms with van der Waals surface area (Å²) in [6.07, 6.45) is 0.234. The highest BCUT2D eigenvalue weighted by molar-refractivity contribution is 8.19. The van der Waals surface area contributed by atoms with Gasteiger partial charge >= 0.3 is 5.97 Å². The standard InChI is InChI=1S/C15H16N2O3S2/c16-6-1-7-17-13(18)10-20-14(19)11-2-4-12(5-3-11)15-21-8-9-22-15/h2-5,15H,1,7-10H2,(H,17,18). The highest BCUT2D eigenvalue weighted by atomic mass is 32.2. The fourth-order valence-corrected chi connectivity index (χ4v) is 4.71. The van der Waals surface area contributed by atoms with Gasteiger partial charge in [-0.2, -0.15) is 5.26 Å². The molecule has 22 heavy (non-hydrogen) atoms. The van der Waals surface area contributed by atoms with Crippen molar-refractivity contribution in [2.45, 2.75) is 11.0 Å². The third kappa shape index (κ3) is 4.97. The SMILES string of the molecule is N#CCCNC(=O)COC(=O)c1ccc(C2SCCS2)cc1. The first-order chi connectivity index (χ1) is 10.7. The van der Waals surface area contributed by atoms with Crippen molar-refractivity contribution in [1.29, 1.82) is 5.26 Å². The van der Waals surface area contributed by atoms with Crippen LogP contribution in [0.5, 0.6) is 0 Å². The van der Waals surface area contributed by atoms with Gasteiger partial charge in [0.25, 0.3) is 5.91 Å². The van der Waals surface area contributed by atoms with Gasteiger partial charge in [0.15, 0.2) is 6.61 Å². The Hall–Kier alpha value is -1.65. The van der Waals surface area contributed by atoms with Crippen LogP contribution in [-0.4, -0.2) is 36.5 Å². The zero-order valence-electron chi connectivity index (χ0n) is 11.9. The normalized spacial score (nSPS) is 14.3. The van der Waals surface area contributed by atoms with E-state index in [1.165, 1.54) is 5.56 Å². The summed E-state index contributed by atoms with van der Waals surface area (Å²) in [6, 6.07) is 9.23. The molecular formula is C15H16N2O3S2. The fraction of sp³-hybridized carbons (Fsp3) is 0.400. The molecule has 5 nitrogen and oxygen atoms in total. The quantitative estimate of drug-likeness (QED) is 0.634. The summed E-state index contributed by atoms with van der Waals surface area (Å²) < 4.78 is 5.38. The summed E-state index contributed by atoms with van der Waals surface area (Å²) in [6.45, 7) is -0.0708. The van der Waals surface area contributed by atoms with Gasteiger partial charge in [-0.1, -0.05) is 12.1 Å². The van der Waals surface area contributed by atoms with Crippen molar-refractivity contribution in [2.24, 2.45) is 0 Å². The van der Waals surface area contributed by atoms with Crippen LogP contribution in [0.25, 0.3) is 0 Å². The third-order valence-corrected chi connectivity index (χ3v) is 6.04. The van der Waals surface area contributed by atoms with Crippen LogP contribution in [0.1, 0.15) is 26.9 Å². The number of carbonyl (C=O) groups is 2. The molecule has 0 bridgehead atoms. The summed E-state index contributed by atoms with van der Waals surface area (Å²) in [7, 11) is 0. The molecule has 0 aromatic heterocycles. The van der Waals surface area contributed by atoms with Crippen molar-refractivity contribution in [3.8, 4) is 6.07 Å². The molecular weight excluding hydrogens is 320 g/mol. The van der Waals surface area contributed by atoms with Gasteiger partial charge in [-0.25, -0.2) is 4.79 Å². The summed E-state index contributed by atoms with van der Waals surface area (Å²) in [5.41, 5.74) is 1.62. The van der Waals surface area contributed by atoms with E-state index in [-0.39, 0.29) is 19.6 Å². The Morgan fingerprint density at radius 3 is 2.59 bits per heavy atom. The van der Waals surface area contributed by atoms with Crippen LogP contribution in [0.2, 0.25) is 0 Å². The number of benzene rings is 1. The molecule has 0 atom stereocenters. The first-order valence-electron chi connectivity index (χ1n) is 6.84. The molecule has 2 rings (SSSR count). The van der Waals surface area contributed by atoms with Crippen LogP contribution in [0.15, 0.2) is 24.3 Å². The number of rotatable bonds is 6. The van der Waals surface area contributed by atoms with E-state index < -0.39 is 11.9 Å². The molecule has 0 spiro atoms. The van der Waals surface area contributed by atoms with Crippen molar-refractivity contribution in [2.75, 3.05) is 24.7 Å². The predicted octanol–water partition coefficient (Wildman–Crippen LogP) is 2.35. The first kappa shape index (κ1) is 16.7. The minimum Gasteiger partial charge on any atom is -0.452 e. The third-order valence-electron chi connectivity index (χ3n) is 2.93. The Kier molecular flexibility index (Phi) is 6.62. The van der Waals surface area contributed by atoms with E-state index in [4.69, 9.17) is 10.00 Å². The molecule has 1 aromatic rings. The van der Waals surface area contributed by atoms with Crippen molar-refractivity contribution in [3.05, 3.63) is 35.4 Å². The lowest BCUT2D eigenvalue weighted by Gasteiger charge is -2.09. The number of hydrogen-bond donors (Lipinski definition) is 1. The lowest BCUT2D eigenvalue weighted by molar-refractivity contribution is -0.124. The predicted molar refractivity (Wildman–Crippen MR) is 87.6 cm³/mol. The van der Waals surface area contributed by atoms with Crippen molar-refractivity contribution in [3.63, 3.8) is 0 Å². The summed E-state index contributed by atoms with van der Waals surface area (Å²) in [5.74, 6) is 1.38. The summed E-state index contributed by atoms with van der Waals surface area (Å²) in [4.78, 5) is 23.2. The Labute approximate surface area is 137 Å². The number of nitrogens with one attached hydrogen (secondary N) is 1. The van der Waals surface area contributed by atoms with Gasteiger partial charge in [0.1, 0.15) is 0 Å². The second-order valence-electron chi connectivity index (χ2n) is 4.53. The Balaban J connectivity index is 1.80. The molecule has 1 aromatic carbocycles. The smallest absolute Gasteiger partial charge is 0.338 e. The number of ether oxygens (including phenoxy) is 1. The molecule has 0 aliphatic carbocycles. The highest BCUT2D eigenvalue weighted by Gasteiger charge is 2.18. The monoisotopic (exact) mass is 336 g/mol. The van der Waals surface area contributed by atoms with Crippen LogP contribution in [0.3, 0.4) is 0 Å². The van der Waals surface area contributed by atoms with Crippen molar-refractivity contribution >= 4 is 35.4 Å². The van der Waals surface area contributed by atoms with Crippen molar-refractivity contribution in [1.82, 2.24) is 5.32 Å². The van der Waals surface area contributed by atoms with E-state index in [2.05, 4.69) is 5.32 Å². The van der Waals surface area contributed by atoms with E-state index in [1.807, 2.05) is 41.7 Å².